The minimum Gasteiger partial charge on any atom is -0.461 e. The topological polar surface area (TPSA) is 35.5 Å². The van der Waals surface area contributed by atoms with Crippen LogP contribution in [0.5, 0.6) is 0 Å². The normalized spacial score (nSPS) is 13.0. The van der Waals surface area contributed by atoms with Crippen molar-refractivity contribution in [2.24, 2.45) is 0 Å². The smallest absolute Gasteiger partial charge is 0.302 e. The van der Waals surface area contributed by atoms with Crippen LogP contribution in [-0.4, -0.2) is 19.2 Å². The number of ether oxygens (including phenoxy) is 2. The van der Waals surface area contributed by atoms with E-state index >= 15 is 0 Å². The molecule has 0 heterocycles. The summed E-state index contributed by atoms with van der Waals surface area (Å²) in [4.78, 5) is 10.8. The molecule has 1 aromatic rings. The Balaban J connectivity index is 2.17. The van der Waals surface area contributed by atoms with Gasteiger partial charge >= 0.3 is 5.97 Å². The Hall–Kier alpha value is -2.13. The fourth-order valence-electron chi connectivity index (χ4n) is 2.52. The van der Waals surface area contributed by atoms with Crippen LogP contribution >= 0.6 is 0 Å². The van der Waals surface area contributed by atoms with Crippen LogP contribution in [0.1, 0.15) is 58.9 Å². The average molecular weight is 371 g/mol. The van der Waals surface area contributed by atoms with E-state index in [4.69, 9.17) is 9.47 Å². The fraction of sp³-hybridized carbons (Fsp3) is 0.458. The van der Waals surface area contributed by atoms with Crippen molar-refractivity contribution in [1.82, 2.24) is 0 Å². The predicted octanol–water partition coefficient (Wildman–Crippen LogP) is 6.17. The molecule has 0 saturated heterocycles. The van der Waals surface area contributed by atoms with Crippen LogP contribution in [0.3, 0.4) is 0 Å². The Morgan fingerprint density at radius 1 is 0.852 bits per heavy atom. The molecule has 1 rings (SSSR count). The molecule has 1 aromatic carbocycles. The highest BCUT2D eigenvalue weighted by Crippen LogP contribution is 2.12. The lowest BCUT2D eigenvalue weighted by Crippen LogP contribution is -2.01. The first kappa shape index (κ1) is 22.9. The third kappa shape index (κ3) is 12.8. The van der Waals surface area contributed by atoms with Gasteiger partial charge in [0.25, 0.3) is 0 Å². The second kappa shape index (κ2) is 14.0. The van der Waals surface area contributed by atoms with Gasteiger partial charge in [-0.05, 0) is 57.6 Å². The summed E-state index contributed by atoms with van der Waals surface area (Å²) in [7, 11) is 0. The summed E-state index contributed by atoms with van der Waals surface area (Å²) in [5.41, 5.74) is 5.08. The van der Waals surface area contributed by atoms with Crippen molar-refractivity contribution < 1.29 is 14.3 Å². The summed E-state index contributed by atoms with van der Waals surface area (Å²) in [6.07, 6.45) is 10.8. The van der Waals surface area contributed by atoms with Crippen LogP contribution in [0, 0.1) is 0 Å². The van der Waals surface area contributed by atoms with Gasteiger partial charge in [0, 0.05) is 6.92 Å². The lowest BCUT2D eigenvalue weighted by Gasteiger charge is -2.04. The molecule has 27 heavy (non-hydrogen) atoms. The Morgan fingerprint density at radius 2 is 1.44 bits per heavy atom. The van der Waals surface area contributed by atoms with Crippen molar-refractivity contribution in [1.29, 1.82) is 0 Å². The molecule has 0 N–H and O–H groups in total. The molecule has 0 aromatic heterocycles. The van der Waals surface area contributed by atoms with Gasteiger partial charge in [0.15, 0.2) is 0 Å². The molecule has 0 spiro atoms. The molecule has 0 saturated carbocycles. The summed E-state index contributed by atoms with van der Waals surface area (Å²) < 4.78 is 10.7. The second-order valence-electron chi connectivity index (χ2n) is 7.01. The molecule has 148 valence electrons. The van der Waals surface area contributed by atoms with E-state index in [1.165, 1.54) is 23.6 Å². The molecule has 3 nitrogen and oxygen atoms in total. The molecular formula is C24H34O3. The SMILES string of the molecule is CC(=O)OC/C(C)=C/CC/C(C)=C/CC/C(C)=C/COCc1ccccc1. The molecule has 0 atom stereocenters. The quantitative estimate of drug-likeness (QED) is 0.251. The number of benzene rings is 1. The van der Waals surface area contributed by atoms with E-state index in [1.807, 2.05) is 25.1 Å². The lowest BCUT2D eigenvalue weighted by molar-refractivity contribution is -0.139. The third-order valence-electron chi connectivity index (χ3n) is 4.23. The average Bonchev–Trinajstić information content (AvgIpc) is 2.64. The number of allylic oxidation sites excluding steroid dienone is 4. The number of carbonyl (C=O) groups is 1. The molecule has 3 heteroatoms. The van der Waals surface area contributed by atoms with Crippen LogP contribution in [0.4, 0.5) is 0 Å². The maximum Gasteiger partial charge on any atom is 0.302 e. The monoisotopic (exact) mass is 370 g/mol. The van der Waals surface area contributed by atoms with Gasteiger partial charge in [0.05, 0.1) is 13.2 Å². The van der Waals surface area contributed by atoms with E-state index in [2.05, 4.69) is 44.2 Å². The van der Waals surface area contributed by atoms with Crippen LogP contribution in [0.25, 0.3) is 0 Å². The van der Waals surface area contributed by atoms with Crippen molar-refractivity contribution in [2.45, 2.75) is 60.0 Å². The summed E-state index contributed by atoms with van der Waals surface area (Å²) in [5.74, 6) is -0.229. The maximum absolute atomic E-state index is 10.8. The Labute approximate surface area is 164 Å². The van der Waals surface area contributed by atoms with Gasteiger partial charge in [-0.1, -0.05) is 59.7 Å². The highest BCUT2D eigenvalue weighted by Gasteiger charge is 1.96. The van der Waals surface area contributed by atoms with E-state index < -0.39 is 0 Å². The number of hydrogen-bond acceptors (Lipinski definition) is 3. The second-order valence-corrected chi connectivity index (χ2v) is 7.01. The largest absolute Gasteiger partial charge is 0.461 e. The number of carbonyl (C=O) groups excluding carboxylic acids is 1. The molecule has 0 fully saturated rings. The van der Waals surface area contributed by atoms with Crippen molar-refractivity contribution in [2.75, 3.05) is 13.2 Å². The fourth-order valence-corrected chi connectivity index (χ4v) is 2.52. The predicted molar refractivity (Wildman–Crippen MR) is 112 cm³/mol. The third-order valence-corrected chi connectivity index (χ3v) is 4.23. The van der Waals surface area contributed by atoms with Gasteiger partial charge in [0.2, 0.25) is 0 Å². The molecule has 0 radical (unpaired) electrons. The van der Waals surface area contributed by atoms with Gasteiger partial charge < -0.3 is 9.47 Å². The molecule has 0 unspecified atom stereocenters. The first-order valence-electron chi connectivity index (χ1n) is 9.69. The van der Waals surface area contributed by atoms with E-state index in [-0.39, 0.29) is 5.97 Å². The highest BCUT2D eigenvalue weighted by atomic mass is 16.5. The van der Waals surface area contributed by atoms with Crippen LogP contribution in [0.15, 0.2) is 65.3 Å². The summed E-state index contributed by atoms with van der Waals surface area (Å²) in [6.45, 7) is 9.49. The van der Waals surface area contributed by atoms with Crippen molar-refractivity contribution >= 4 is 5.97 Å². The van der Waals surface area contributed by atoms with E-state index in [9.17, 15) is 4.79 Å². The van der Waals surface area contributed by atoms with E-state index in [1.54, 1.807) is 0 Å². The Kier molecular flexibility index (Phi) is 11.9. The Bertz CT molecular complexity index is 639. The number of esters is 1. The molecule has 0 aliphatic carbocycles. The van der Waals surface area contributed by atoms with Gasteiger partial charge in [-0.15, -0.1) is 0 Å². The molecule has 0 bridgehead atoms. The molecule has 0 amide bonds. The van der Waals surface area contributed by atoms with Crippen molar-refractivity contribution in [3.63, 3.8) is 0 Å². The minimum absolute atomic E-state index is 0.229. The maximum atomic E-state index is 10.8. The summed E-state index contributed by atoms with van der Waals surface area (Å²) in [6, 6.07) is 10.2. The standard InChI is InChI=1S/C24H34O3/c1-20(11-9-13-22(3)18-27-23(4)25)10-8-12-21(2)16-17-26-19-24-14-6-5-7-15-24/h5-7,10,13-16H,8-9,11-12,17-19H2,1-4H3/b20-10+,21-16+,22-13+. The van der Waals surface area contributed by atoms with E-state index in [0.717, 1.165) is 31.3 Å². The van der Waals surface area contributed by atoms with Crippen LogP contribution in [0.2, 0.25) is 0 Å². The minimum atomic E-state index is -0.229. The zero-order valence-electron chi connectivity index (χ0n) is 17.3. The molecule has 0 aliphatic heterocycles. The number of hydrogen-bond donors (Lipinski definition) is 0. The zero-order valence-corrected chi connectivity index (χ0v) is 17.3. The van der Waals surface area contributed by atoms with Gasteiger partial charge in [-0.2, -0.15) is 0 Å². The van der Waals surface area contributed by atoms with E-state index in [0.29, 0.717) is 19.8 Å². The highest BCUT2D eigenvalue weighted by molar-refractivity contribution is 5.66. The van der Waals surface area contributed by atoms with Crippen LogP contribution in [-0.2, 0) is 20.9 Å². The lowest BCUT2D eigenvalue weighted by atomic mass is 10.1. The summed E-state index contributed by atoms with van der Waals surface area (Å²) >= 11 is 0. The molecular weight excluding hydrogens is 336 g/mol. The van der Waals surface area contributed by atoms with Crippen molar-refractivity contribution in [3.05, 3.63) is 70.8 Å². The summed E-state index contributed by atoms with van der Waals surface area (Å²) in [5, 5.41) is 0. The zero-order chi connectivity index (χ0) is 19.9. The molecule has 0 aliphatic rings. The first-order chi connectivity index (χ1) is 13.0. The Morgan fingerprint density at radius 3 is 2.07 bits per heavy atom. The van der Waals surface area contributed by atoms with Gasteiger partial charge in [0.1, 0.15) is 6.61 Å². The van der Waals surface area contributed by atoms with Crippen molar-refractivity contribution in [3.8, 4) is 0 Å². The van der Waals surface area contributed by atoms with Crippen LogP contribution < -0.4 is 0 Å². The number of rotatable bonds is 12. The van der Waals surface area contributed by atoms with Gasteiger partial charge in [-0.25, -0.2) is 0 Å². The van der Waals surface area contributed by atoms with Gasteiger partial charge in [-0.3, -0.25) is 4.79 Å². The first-order valence-corrected chi connectivity index (χ1v) is 9.69.